The Labute approximate surface area is 147 Å². The zero-order chi connectivity index (χ0) is 20.1. The van der Waals surface area contributed by atoms with E-state index in [2.05, 4.69) is 4.31 Å². The predicted molar refractivity (Wildman–Crippen MR) is 84.8 cm³/mol. The second kappa shape index (κ2) is 9.08. The van der Waals surface area contributed by atoms with Crippen LogP contribution < -0.4 is 9.79 Å². The molecule has 150 valence electrons. The van der Waals surface area contributed by atoms with Crippen LogP contribution in [0.3, 0.4) is 0 Å². The van der Waals surface area contributed by atoms with E-state index in [1.807, 2.05) is 0 Å². The van der Waals surface area contributed by atoms with Gasteiger partial charge in [-0.2, -0.15) is 0 Å². The lowest BCUT2D eigenvalue weighted by Gasteiger charge is -2.30. The smallest absolute Gasteiger partial charge is 0.311 e. The van der Waals surface area contributed by atoms with Gasteiger partial charge in [0.2, 0.25) is 0 Å². The Kier molecular flexibility index (Phi) is 8.98. The van der Waals surface area contributed by atoms with Gasteiger partial charge < -0.3 is 28.2 Å². The van der Waals surface area contributed by atoms with Gasteiger partial charge in [0.15, 0.2) is 0 Å². The second-order valence-electron chi connectivity index (χ2n) is 6.29. The van der Waals surface area contributed by atoms with Crippen LogP contribution >= 0.6 is 15.2 Å². The molecular weight excluding hydrogens is 398 g/mol. The van der Waals surface area contributed by atoms with E-state index in [1.54, 1.807) is 0 Å². The summed E-state index contributed by atoms with van der Waals surface area (Å²) in [4.78, 5) is 34.2. The van der Waals surface area contributed by atoms with Crippen molar-refractivity contribution in [3.63, 3.8) is 0 Å². The molecule has 0 spiro atoms. The molecule has 0 aliphatic carbocycles. The molecule has 0 aliphatic heterocycles. The van der Waals surface area contributed by atoms with Crippen LogP contribution in [0.4, 0.5) is 0 Å². The molecule has 0 fully saturated rings. The molecule has 0 aromatic heterocycles. The Morgan fingerprint density at radius 2 is 1.76 bits per heavy atom. The summed E-state index contributed by atoms with van der Waals surface area (Å²) in [6, 6.07) is 0. The number of rotatable bonds is 11. The molecule has 0 aliphatic rings. The predicted octanol–water partition coefficient (Wildman–Crippen LogP) is 0.413. The van der Waals surface area contributed by atoms with Crippen LogP contribution in [-0.2, 0) is 33.1 Å². The lowest BCUT2D eigenvalue weighted by Crippen LogP contribution is -2.34. The molecule has 0 bridgehead atoms. The minimum Gasteiger partial charge on any atom is -0.778 e. The summed E-state index contributed by atoms with van der Waals surface area (Å²) in [6.07, 6.45) is -1.02. The van der Waals surface area contributed by atoms with Gasteiger partial charge in [0.1, 0.15) is 15.2 Å². The summed E-state index contributed by atoms with van der Waals surface area (Å²) >= 11 is 0. The number of hydrogen-bond acceptors (Lipinski definition) is 10. The SMILES string of the molecule is CCC(CC(C)(C)C(=O)OCCCP(=O)([O-])OP(C)(=O)[O-])S(=O)(=O)[O-]. The van der Waals surface area contributed by atoms with Gasteiger partial charge in [-0.25, -0.2) is 8.42 Å². The Balaban J connectivity index is 4.55. The van der Waals surface area contributed by atoms with Crippen molar-refractivity contribution in [3.8, 4) is 0 Å². The average molecular weight is 421 g/mol. The highest BCUT2D eigenvalue weighted by molar-refractivity contribution is 7.86. The fraction of sp³-hybridized carbons (Fsp3) is 0.917. The molecule has 0 saturated heterocycles. The minimum atomic E-state index is -4.60. The first-order valence-electron chi connectivity index (χ1n) is 7.42. The standard InChI is InChI=1S/C12H26O10P2S/c1-5-10(25(18,19)20)9-12(2,3)11(13)21-7-6-8-24(16,17)22-23(4,14)15/h10H,5-9H2,1-4H3,(H,14,15)(H,16,17)(H,18,19,20)/p-3. The van der Waals surface area contributed by atoms with Crippen LogP contribution in [0.2, 0.25) is 0 Å². The van der Waals surface area contributed by atoms with E-state index in [0.717, 1.165) is 0 Å². The molecule has 3 atom stereocenters. The highest BCUT2D eigenvalue weighted by Gasteiger charge is 2.34. The van der Waals surface area contributed by atoms with Crippen molar-refractivity contribution < 1.29 is 45.7 Å². The Hall–Kier alpha value is -0.280. The van der Waals surface area contributed by atoms with E-state index in [0.29, 0.717) is 6.66 Å². The monoisotopic (exact) mass is 421 g/mol. The molecule has 0 aromatic rings. The van der Waals surface area contributed by atoms with E-state index in [9.17, 15) is 36.7 Å². The van der Waals surface area contributed by atoms with Crippen molar-refractivity contribution in [1.82, 2.24) is 0 Å². The van der Waals surface area contributed by atoms with E-state index < -0.39 is 48.1 Å². The third-order valence-electron chi connectivity index (χ3n) is 3.24. The summed E-state index contributed by atoms with van der Waals surface area (Å²) in [6.45, 7) is 4.63. The number of ether oxygens (including phenoxy) is 1. The van der Waals surface area contributed by atoms with Crippen molar-refractivity contribution >= 4 is 31.3 Å². The maximum Gasteiger partial charge on any atom is 0.311 e. The normalized spacial score (nSPS) is 18.8. The van der Waals surface area contributed by atoms with Gasteiger partial charge in [-0.15, -0.1) is 0 Å². The zero-order valence-electron chi connectivity index (χ0n) is 14.5. The van der Waals surface area contributed by atoms with Gasteiger partial charge in [0, 0.05) is 12.8 Å². The lowest BCUT2D eigenvalue weighted by molar-refractivity contribution is -0.212. The molecule has 0 aromatic carbocycles. The highest BCUT2D eigenvalue weighted by Crippen LogP contribution is 2.52. The molecule has 0 rings (SSSR count). The fourth-order valence-corrected chi connectivity index (χ4v) is 5.67. The summed E-state index contributed by atoms with van der Waals surface area (Å²) in [5.41, 5.74) is -1.26. The molecule has 0 heterocycles. The lowest BCUT2D eigenvalue weighted by atomic mass is 9.87. The zero-order valence-corrected chi connectivity index (χ0v) is 17.1. The molecule has 13 heteroatoms. The van der Waals surface area contributed by atoms with Gasteiger partial charge >= 0.3 is 5.97 Å². The summed E-state index contributed by atoms with van der Waals surface area (Å²) < 4.78 is 64.4. The average Bonchev–Trinajstić information content (AvgIpc) is 2.36. The third kappa shape index (κ3) is 10.5. The van der Waals surface area contributed by atoms with Gasteiger partial charge in [0.05, 0.1) is 27.4 Å². The largest absolute Gasteiger partial charge is 0.778 e. The molecular formula is C12H23O10P2S-3. The van der Waals surface area contributed by atoms with Crippen LogP contribution in [0.15, 0.2) is 0 Å². The molecule has 0 saturated carbocycles. The maximum absolute atomic E-state index is 12.0. The van der Waals surface area contributed by atoms with Crippen molar-refractivity contribution in [3.05, 3.63) is 0 Å². The number of carbonyl (C=O) groups excluding carboxylic acids is 1. The summed E-state index contributed by atoms with van der Waals surface area (Å²) in [7, 11) is -13.6. The first-order chi connectivity index (χ1) is 11.0. The topological polar surface area (TPSA) is 173 Å². The Morgan fingerprint density at radius 3 is 2.16 bits per heavy atom. The maximum atomic E-state index is 12.0. The Bertz CT molecular complexity index is 651. The van der Waals surface area contributed by atoms with E-state index >= 15 is 0 Å². The summed E-state index contributed by atoms with van der Waals surface area (Å²) in [5.74, 6) is -0.791. The van der Waals surface area contributed by atoms with Crippen LogP contribution in [-0.4, -0.2) is 43.6 Å². The van der Waals surface area contributed by atoms with E-state index in [4.69, 9.17) is 4.74 Å². The van der Waals surface area contributed by atoms with Crippen molar-refractivity contribution in [1.29, 1.82) is 0 Å². The van der Waals surface area contributed by atoms with Crippen LogP contribution in [0.5, 0.6) is 0 Å². The first-order valence-corrected chi connectivity index (χ1v) is 12.6. The number of esters is 1. The molecule has 0 amide bonds. The van der Waals surface area contributed by atoms with Gasteiger partial charge in [-0.1, -0.05) is 6.92 Å². The third-order valence-corrected chi connectivity index (χ3v) is 7.60. The van der Waals surface area contributed by atoms with E-state index in [-0.39, 0.29) is 25.9 Å². The molecule has 10 nitrogen and oxygen atoms in total. The van der Waals surface area contributed by atoms with Crippen LogP contribution in [0, 0.1) is 5.41 Å². The highest BCUT2D eigenvalue weighted by atomic mass is 32.2. The van der Waals surface area contributed by atoms with Gasteiger partial charge in [0.25, 0.3) is 0 Å². The quantitative estimate of drug-likeness (QED) is 0.197. The van der Waals surface area contributed by atoms with Gasteiger partial charge in [-0.05, 0) is 33.1 Å². The van der Waals surface area contributed by atoms with Crippen molar-refractivity contribution in [2.45, 2.75) is 45.3 Å². The Morgan fingerprint density at radius 1 is 1.24 bits per heavy atom. The van der Waals surface area contributed by atoms with Crippen molar-refractivity contribution in [2.24, 2.45) is 5.41 Å². The molecule has 0 N–H and O–H groups in total. The minimum absolute atomic E-state index is 0.0471. The molecule has 3 unspecified atom stereocenters. The second-order valence-corrected chi connectivity index (χ2v) is 11.8. The van der Waals surface area contributed by atoms with E-state index in [1.165, 1.54) is 20.8 Å². The van der Waals surface area contributed by atoms with Gasteiger partial charge in [-0.3, -0.25) is 9.11 Å². The van der Waals surface area contributed by atoms with Crippen LogP contribution in [0.1, 0.15) is 40.0 Å². The number of carbonyl (C=O) groups is 1. The first kappa shape index (κ1) is 24.7. The molecule has 25 heavy (non-hydrogen) atoms. The molecule has 0 radical (unpaired) electrons. The summed E-state index contributed by atoms with van der Waals surface area (Å²) in [5, 5.41) is -1.24. The van der Waals surface area contributed by atoms with Crippen molar-refractivity contribution in [2.75, 3.05) is 19.4 Å². The fourth-order valence-electron chi connectivity index (χ4n) is 1.99. The number of hydrogen-bond donors (Lipinski definition) is 0. The van der Waals surface area contributed by atoms with Crippen LogP contribution in [0.25, 0.3) is 0 Å².